The number of para-hydroxylation sites is 1. The van der Waals surface area contributed by atoms with E-state index in [0.717, 1.165) is 5.56 Å². The Labute approximate surface area is 174 Å². The summed E-state index contributed by atoms with van der Waals surface area (Å²) >= 11 is 0. The van der Waals surface area contributed by atoms with E-state index < -0.39 is 20.9 Å². The van der Waals surface area contributed by atoms with Crippen molar-refractivity contribution in [1.29, 1.82) is 0 Å². The first-order valence-corrected chi connectivity index (χ1v) is 11.0. The van der Waals surface area contributed by atoms with E-state index in [0.29, 0.717) is 16.9 Å². The Bertz CT molecular complexity index is 1230. The van der Waals surface area contributed by atoms with Gasteiger partial charge in [0.2, 0.25) is 0 Å². The monoisotopic (exact) mass is 420 g/mol. The molecule has 0 bridgehead atoms. The van der Waals surface area contributed by atoms with Crippen LogP contribution in [0.4, 0.5) is 11.4 Å². The Kier molecular flexibility index (Phi) is 5.13. The average molecular weight is 420 g/mol. The summed E-state index contributed by atoms with van der Waals surface area (Å²) in [7, 11) is -3.78. The van der Waals surface area contributed by atoms with Gasteiger partial charge in [-0.3, -0.25) is 9.59 Å². The second-order valence-corrected chi connectivity index (χ2v) is 9.22. The van der Waals surface area contributed by atoms with Crippen LogP contribution in [-0.4, -0.2) is 31.9 Å². The minimum atomic E-state index is -3.78. The number of hydrogen-bond acceptors (Lipinski definition) is 5. The lowest BCUT2D eigenvalue weighted by atomic mass is 10.1. The van der Waals surface area contributed by atoms with Crippen molar-refractivity contribution in [3.8, 4) is 0 Å². The molecule has 1 amide bonds. The lowest BCUT2D eigenvalue weighted by Gasteiger charge is -2.25. The van der Waals surface area contributed by atoms with Crippen molar-refractivity contribution < 1.29 is 18.0 Å². The van der Waals surface area contributed by atoms with Gasteiger partial charge in [0, 0.05) is 23.4 Å². The number of carbonyl (C=O) groups excluding carboxylic acids is 2. The van der Waals surface area contributed by atoms with Crippen LogP contribution in [0.1, 0.15) is 26.3 Å². The Hall–Kier alpha value is -3.45. The highest BCUT2D eigenvalue weighted by Crippen LogP contribution is 2.31. The number of rotatable bonds is 4. The molecule has 4 rings (SSSR count). The summed E-state index contributed by atoms with van der Waals surface area (Å²) in [6, 6.07) is 20.1. The van der Waals surface area contributed by atoms with Gasteiger partial charge in [-0.05, 0) is 55.0 Å². The lowest BCUT2D eigenvalue weighted by Crippen LogP contribution is -2.40. The molecule has 3 aromatic carbocycles. The molecular weight excluding hydrogens is 400 g/mol. The highest BCUT2D eigenvalue weighted by molar-refractivity contribution is 7.93. The van der Waals surface area contributed by atoms with Gasteiger partial charge >= 0.3 is 0 Å². The van der Waals surface area contributed by atoms with Crippen LogP contribution in [0.3, 0.4) is 0 Å². The van der Waals surface area contributed by atoms with Gasteiger partial charge in [0.15, 0.2) is 15.6 Å². The first-order valence-electron chi connectivity index (χ1n) is 9.46. The third kappa shape index (κ3) is 3.59. The van der Waals surface area contributed by atoms with E-state index in [4.69, 9.17) is 0 Å². The molecule has 0 aromatic heterocycles. The zero-order valence-corrected chi connectivity index (χ0v) is 17.1. The van der Waals surface area contributed by atoms with Crippen LogP contribution in [0, 0.1) is 6.92 Å². The molecule has 1 aliphatic rings. The van der Waals surface area contributed by atoms with Crippen LogP contribution in [-0.2, 0) is 9.84 Å². The Balaban J connectivity index is 1.53. The van der Waals surface area contributed by atoms with Crippen molar-refractivity contribution in [2.75, 3.05) is 17.2 Å². The Morgan fingerprint density at radius 3 is 2.33 bits per heavy atom. The summed E-state index contributed by atoms with van der Waals surface area (Å²) in [6.07, 6.45) is 0. The lowest BCUT2D eigenvalue weighted by molar-refractivity contribution is 0.0988. The molecule has 7 heteroatoms. The predicted octanol–water partition coefficient (Wildman–Crippen LogP) is 3.70. The van der Waals surface area contributed by atoms with Gasteiger partial charge in [-0.25, -0.2) is 8.42 Å². The van der Waals surface area contributed by atoms with E-state index in [1.807, 2.05) is 19.1 Å². The summed E-state index contributed by atoms with van der Waals surface area (Å²) < 4.78 is 25.8. The quantitative estimate of drug-likeness (QED) is 0.628. The number of nitrogens with one attached hydrogen (secondary N) is 2. The largest absolute Gasteiger partial charge is 0.382 e. The zero-order valence-electron chi connectivity index (χ0n) is 16.3. The third-order valence-electron chi connectivity index (χ3n) is 5.16. The molecule has 152 valence electrons. The van der Waals surface area contributed by atoms with Gasteiger partial charge in [0.05, 0.1) is 10.6 Å². The summed E-state index contributed by atoms with van der Waals surface area (Å²) in [5.74, 6) is -0.725. The average Bonchev–Trinajstić information content (AvgIpc) is 2.74. The SMILES string of the molecule is Cc1ccccc1C(=O)Nc1ccc(C(=O)C2CNc3ccccc3S2(=O)=O)cc1. The molecule has 3 aromatic rings. The first-order chi connectivity index (χ1) is 14.4. The van der Waals surface area contributed by atoms with Crippen molar-refractivity contribution in [2.24, 2.45) is 0 Å². The summed E-state index contributed by atoms with van der Waals surface area (Å²) in [5, 5.41) is 4.62. The standard InChI is InChI=1S/C23H20N2O4S/c1-15-6-2-3-7-18(15)23(27)25-17-12-10-16(11-13-17)22(26)21-14-24-19-8-4-5-9-20(19)30(21,28)29/h2-13,21,24H,14H2,1H3,(H,25,27). The number of sulfone groups is 1. The molecule has 0 saturated carbocycles. The maximum absolute atomic E-state index is 12.9. The second kappa shape index (κ2) is 7.76. The van der Waals surface area contributed by atoms with Gasteiger partial charge < -0.3 is 10.6 Å². The first kappa shape index (κ1) is 19.8. The summed E-state index contributed by atoms with van der Waals surface area (Å²) in [6.45, 7) is 1.87. The number of anilines is 2. The van der Waals surface area contributed by atoms with E-state index in [2.05, 4.69) is 10.6 Å². The highest BCUT2D eigenvalue weighted by atomic mass is 32.2. The van der Waals surface area contributed by atoms with E-state index in [1.165, 1.54) is 18.2 Å². The number of hydrogen-bond donors (Lipinski definition) is 2. The fourth-order valence-electron chi connectivity index (χ4n) is 3.49. The minimum absolute atomic E-state index is 0.0178. The predicted molar refractivity (Wildman–Crippen MR) is 116 cm³/mol. The number of carbonyl (C=O) groups is 2. The van der Waals surface area contributed by atoms with Gasteiger partial charge in [0.1, 0.15) is 5.25 Å². The second-order valence-electron chi connectivity index (χ2n) is 7.12. The zero-order chi connectivity index (χ0) is 21.3. The minimum Gasteiger partial charge on any atom is -0.382 e. The van der Waals surface area contributed by atoms with Crippen molar-refractivity contribution in [1.82, 2.24) is 0 Å². The Morgan fingerprint density at radius 2 is 1.60 bits per heavy atom. The molecule has 6 nitrogen and oxygen atoms in total. The topological polar surface area (TPSA) is 92.3 Å². The number of fused-ring (bicyclic) bond motifs is 1. The molecule has 0 saturated heterocycles. The summed E-state index contributed by atoms with van der Waals surface area (Å²) in [4.78, 5) is 25.5. The molecule has 1 aliphatic heterocycles. The molecule has 0 fully saturated rings. The van der Waals surface area contributed by atoms with Crippen LogP contribution in [0.15, 0.2) is 77.7 Å². The molecule has 0 radical (unpaired) electrons. The van der Waals surface area contributed by atoms with E-state index >= 15 is 0 Å². The fourth-order valence-corrected chi connectivity index (χ4v) is 5.23. The van der Waals surface area contributed by atoms with E-state index in [-0.39, 0.29) is 22.9 Å². The van der Waals surface area contributed by atoms with Crippen LogP contribution >= 0.6 is 0 Å². The smallest absolute Gasteiger partial charge is 0.255 e. The van der Waals surface area contributed by atoms with Gasteiger partial charge in [-0.15, -0.1) is 0 Å². The molecular formula is C23H20N2O4S. The summed E-state index contributed by atoms with van der Waals surface area (Å²) in [5.41, 5.74) is 2.73. The third-order valence-corrected chi connectivity index (χ3v) is 7.25. The van der Waals surface area contributed by atoms with Gasteiger partial charge in [-0.2, -0.15) is 0 Å². The van der Waals surface area contributed by atoms with Crippen LogP contribution in [0.5, 0.6) is 0 Å². The molecule has 1 atom stereocenters. The van der Waals surface area contributed by atoms with Gasteiger partial charge in [-0.1, -0.05) is 30.3 Å². The molecule has 30 heavy (non-hydrogen) atoms. The van der Waals surface area contributed by atoms with Crippen molar-refractivity contribution >= 4 is 32.9 Å². The number of Topliss-reactive ketones (excluding diaryl/α,β-unsaturated/α-hetero) is 1. The van der Waals surface area contributed by atoms with E-state index in [1.54, 1.807) is 42.5 Å². The fraction of sp³-hybridized carbons (Fsp3) is 0.130. The van der Waals surface area contributed by atoms with Crippen molar-refractivity contribution in [3.05, 3.63) is 89.5 Å². The van der Waals surface area contributed by atoms with Crippen LogP contribution in [0.25, 0.3) is 0 Å². The van der Waals surface area contributed by atoms with Crippen molar-refractivity contribution in [2.45, 2.75) is 17.1 Å². The van der Waals surface area contributed by atoms with Gasteiger partial charge in [0.25, 0.3) is 5.91 Å². The maximum Gasteiger partial charge on any atom is 0.255 e. The van der Waals surface area contributed by atoms with E-state index in [9.17, 15) is 18.0 Å². The number of amides is 1. The van der Waals surface area contributed by atoms with Crippen LogP contribution < -0.4 is 10.6 Å². The van der Waals surface area contributed by atoms with Crippen LogP contribution in [0.2, 0.25) is 0 Å². The molecule has 0 aliphatic carbocycles. The molecule has 1 heterocycles. The number of ketones is 1. The molecule has 1 unspecified atom stereocenters. The number of aryl methyl sites for hydroxylation is 1. The normalized spacial score (nSPS) is 16.8. The maximum atomic E-state index is 12.9. The Morgan fingerprint density at radius 1 is 0.933 bits per heavy atom. The van der Waals surface area contributed by atoms with Crippen molar-refractivity contribution in [3.63, 3.8) is 0 Å². The number of benzene rings is 3. The molecule has 2 N–H and O–H groups in total. The molecule has 0 spiro atoms. The highest BCUT2D eigenvalue weighted by Gasteiger charge is 2.39.